The van der Waals surface area contributed by atoms with Gasteiger partial charge in [-0.05, 0) is 37.6 Å². The number of H-pyrrole nitrogens is 2. The summed E-state index contributed by atoms with van der Waals surface area (Å²) in [6.45, 7) is 4.82. The number of imidazole rings is 1. The second-order valence-corrected chi connectivity index (χ2v) is 6.02. The molecule has 0 fully saturated rings. The molecule has 24 heavy (non-hydrogen) atoms. The molecule has 120 valence electrons. The van der Waals surface area contributed by atoms with Gasteiger partial charge < -0.3 is 10.3 Å². The third-order valence-electron chi connectivity index (χ3n) is 4.27. The molecule has 0 atom stereocenters. The first-order valence-corrected chi connectivity index (χ1v) is 7.98. The highest BCUT2D eigenvalue weighted by Crippen LogP contribution is 2.22. The Balaban J connectivity index is 1.53. The maximum absolute atomic E-state index is 4.57. The quantitative estimate of drug-likeness (QED) is 0.529. The third-order valence-corrected chi connectivity index (χ3v) is 4.27. The van der Waals surface area contributed by atoms with Crippen LogP contribution in [0.2, 0.25) is 0 Å². The van der Waals surface area contributed by atoms with Crippen molar-refractivity contribution in [3.05, 3.63) is 65.6 Å². The molecule has 0 saturated carbocycles. The number of aromatic amines is 2. The van der Waals surface area contributed by atoms with Crippen LogP contribution in [0.4, 0.5) is 5.69 Å². The number of rotatable bonds is 4. The molecule has 2 aromatic heterocycles. The first-order chi connectivity index (χ1) is 11.7. The van der Waals surface area contributed by atoms with Gasteiger partial charge in [-0.2, -0.15) is 5.10 Å². The number of hydrogen-bond donors (Lipinski definition) is 3. The summed E-state index contributed by atoms with van der Waals surface area (Å²) < 4.78 is 0. The average Bonchev–Trinajstić information content (AvgIpc) is 3.19. The minimum Gasteiger partial charge on any atom is -0.381 e. The van der Waals surface area contributed by atoms with Crippen molar-refractivity contribution >= 4 is 16.6 Å². The topological polar surface area (TPSA) is 69.4 Å². The Morgan fingerprint density at radius 3 is 2.83 bits per heavy atom. The van der Waals surface area contributed by atoms with Gasteiger partial charge in [-0.25, -0.2) is 4.98 Å². The lowest BCUT2D eigenvalue weighted by atomic mass is 10.1. The van der Waals surface area contributed by atoms with Gasteiger partial charge in [0, 0.05) is 28.9 Å². The highest BCUT2D eigenvalue weighted by Gasteiger charge is 2.06. The minimum atomic E-state index is 0.759. The van der Waals surface area contributed by atoms with Crippen LogP contribution in [0, 0.1) is 13.8 Å². The van der Waals surface area contributed by atoms with E-state index < -0.39 is 0 Å². The number of hydrogen-bond acceptors (Lipinski definition) is 3. The zero-order valence-electron chi connectivity index (χ0n) is 13.7. The second kappa shape index (κ2) is 5.85. The first kappa shape index (κ1) is 14.5. The van der Waals surface area contributed by atoms with E-state index in [0.717, 1.165) is 45.9 Å². The van der Waals surface area contributed by atoms with E-state index in [1.165, 1.54) is 5.56 Å². The van der Waals surface area contributed by atoms with Crippen molar-refractivity contribution in [1.82, 2.24) is 20.2 Å². The molecule has 0 spiro atoms. The van der Waals surface area contributed by atoms with Gasteiger partial charge >= 0.3 is 0 Å². The van der Waals surface area contributed by atoms with Crippen molar-refractivity contribution in [2.75, 3.05) is 5.32 Å². The van der Waals surface area contributed by atoms with Crippen molar-refractivity contribution < 1.29 is 0 Å². The summed E-state index contributed by atoms with van der Waals surface area (Å²) in [5.74, 6) is 0.910. The predicted octanol–water partition coefficient (Wildman–Crippen LogP) is 4.18. The van der Waals surface area contributed by atoms with Crippen LogP contribution in [0.25, 0.3) is 22.3 Å². The molecule has 4 aromatic rings. The lowest BCUT2D eigenvalue weighted by Gasteiger charge is -2.08. The fraction of sp³-hybridized carbons (Fsp3) is 0.158. The molecule has 5 nitrogen and oxygen atoms in total. The highest BCUT2D eigenvalue weighted by atomic mass is 15.1. The SMILES string of the molecule is Cc1nc(-c2cccc(NCc3ccc4cn[nH]c4c3)c2)[nH]c1C. The van der Waals surface area contributed by atoms with Gasteiger partial charge in [0.2, 0.25) is 0 Å². The van der Waals surface area contributed by atoms with E-state index in [0.29, 0.717) is 0 Å². The van der Waals surface area contributed by atoms with E-state index in [4.69, 9.17) is 0 Å². The van der Waals surface area contributed by atoms with Crippen molar-refractivity contribution in [2.24, 2.45) is 0 Å². The summed E-state index contributed by atoms with van der Waals surface area (Å²) in [6.07, 6.45) is 1.84. The van der Waals surface area contributed by atoms with Gasteiger partial charge in [0.25, 0.3) is 0 Å². The van der Waals surface area contributed by atoms with E-state index >= 15 is 0 Å². The standard InChI is InChI=1S/C19H19N5/c1-12-13(2)23-19(22-12)15-4-3-5-17(9-15)20-10-14-6-7-16-11-21-24-18(16)8-14/h3-9,11,20H,10H2,1-2H3,(H,21,24)(H,22,23). The minimum absolute atomic E-state index is 0.759. The molecule has 4 rings (SSSR count). The van der Waals surface area contributed by atoms with E-state index in [9.17, 15) is 0 Å². The molecule has 2 aromatic carbocycles. The highest BCUT2D eigenvalue weighted by molar-refractivity contribution is 5.78. The van der Waals surface area contributed by atoms with Gasteiger partial charge in [-0.3, -0.25) is 5.10 Å². The molecule has 2 heterocycles. The normalized spacial score (nSPS) is 11.1. The summed E-state index contributed by atoms with van der Waals surface area (Å²) in [4.78, 5) is 7.90. The fourth-order valence-corrected chi connectivity index (χ4v) is 2.76. The number of aryl methyl sites for hydroxylation is 2. The Morgan fingerprint density at radius 1 is 1.08 bits per heavy atom. The van der Waals surface area contributed by atoms with E-state index in [2.05, 4.69) is 61.9 Å². The van der Waals surface area contributed by atoms with Gasteiger partial charge in [-0.15, -0.1) is 0 Å². The average molecular weight is 317 g/mol. The zero-order chi connectivity index (χ0) is 16.5. The smallest absolute Gasteiger partial charge is 0.137 e. The van der Waals surface area contributed by atoms with Crippen LogP contribution in [0.5, 0.6) is 0 Å². The first-order valence-electron chi connectivity index (χ1n) is 7.98. The van der Waals surface area contributed by atoms with Crippen LogP contribution in [-0.4, -0.2) is 20.2 Å². The van der Waals surface area contributed by atoms with Crippen LogP contribution in [0.3, 0.4) is 0 Å². The number of nitrogens with one attached hydrogen (secondary N) is 3. The van der Waals surface area contributed by atoms with Crippen LogP contribution in [0.1, 0.15) is 17.0 Å². The van der Waals surface area contributed by atoms with Crippen molar-refractivity contribution in [1.29, 1.82) is 0 Å². The van der Waals surface area contributed by atoms with Crippen LogP contribution in [-0.2, 0) is 6.54 Å². The van der Waals surface area contributed by atoms with Crippen molar-refractivity contribution in [2.45, 2.75) is 20.4 Å². The maximum atomic E-state index is 4.57. The number of aromatic nitrogens is 4. The molecule has 5 heteroatoms. The molecule has 0 aliphatic heterocycles. The van der Waals surface area contributed by atoms with Crippen LogP contribution < -0.4 is 5.32 Å². The molecular weight excluding hydrogens is 298 g/mol. The number of fused-ring (bicyclic) bond motifs is 1. The summed E-state index contributed by atoms with van der Waals surface area (Å²) in [7, 11) is 0. The van der Waals surface area contributed by atoms with Gasteiger partial charge in [0.05, 0.1) is 17.4 Å². The third kappa shape index (κ3) is 2.76. The Labute approximate surface area is 140 Å². The molecular formula is C19H19N5. The molecule has 0 saturated heterocycles. The van der Waals surface area contributed by atoms with E-state index in [1.54, 1.807) is 0 Å². The lowest BCUT2D eigenvalue weighted by molar-refractivity contribution is 1.11. The Bertz CT molecular complexity index is 976. The second-order valence-electron chi connectivity index (χ2n) is 6.02. The van der Waals surface area contributed by atoms with E-state index in [-0.39, 0.29) is 0 Å². The Hall–Kier alpha value is -3.08. The van der Waals surface area contributed by atoms with Gasteiger partial charge in [-0.1, -0.05) is 24.3 Å². The molecule has 0 aliphatic rings. The van der Waals surface area contributed by atoms with Crippen LogP contribution >= 0.6 is 0 Å². The monoisotopic (exact) mass is 317 g/mol. The predicted molar refractivity (Wildman–Crippen MR) is 96.9 cm³/mol. The summed E-state index contributed by atoms with van der Waals surface area (Å²) in [5.41, 5.74) is 6.57. The number of benzene rings is 2. The van der Waals surface area contributed by atoms with Crippen LogP contribution in [0.15, 0.2) is 48.7 Å². The molecule has 0 radical (unpaired) electrons. The maximum Gasteiger partial charge on any atom is 0.137 e. The Morgan fingerprint density at radius 2 is 2.00 bits per heavy atom. The van der Waals surface area contributed by atoms with Crippen molar-refractivity contribution in [3.8, 4) is 11.4 Å². The summed E-state index contributed by atoms with van der Waals surface area (Å²) in [5, 5.41) is 11.7. The molecule has 3 N–H and O–H groups in total. The van der Waals surface area contributed by atoms with Crippen molar-refractivity contribution in [3.63, 3.8) is 0 Å². The number of anilines is 1. The van der Waals surface area contributed by atoms with Gasteiger partial charge in [0.15, 0.2) is 0 Å². The van der Waals surface area contributed by atoms with Gasteiger partial charge in [0.1, 0.15) is 5.82 Å². The molecule has 0 bridgehead atoms. The fourth-order valence-electron chi connectivity index (χ4n) is 2.76. The summed E-state index contributed by atoms with van der Waals surface area (Å²) in [6, 6.07) is 14.6. The lowest BCUT2D eigenvalue weighted by Crippen LogP contribution is -1.99. The molecule has 0 aliphatic carbocycles. The number of nitrogens with zero attached hydrogens (tertiary/aromatic N) is 2. The zero-order valence-corrected chi connectivity index (χ0v) is 13.7. The largest absolute Gasteiger partial charge is 0.381 e. The molecule has 0 amide bonds. The Kier molecular flexibility index (Phi) is 3.54. The van der Waals surface area contributed by atoms with E-state index in [1.807, 2.05) is 26.1 Å². The summed E-state index contributed by atoms with van der Waals surface area (Å²) >= 11 is 0. The molecule has 0 unspecified atom stereocenters.